The first-order chi connectivity index (χ1) is 8.31. The van der Waals surface area contributed by atoms with Crippen molar-refractivity contribution in [1.82, 2.24) is 10.2 Å². The number of fused-ring (bicyclic) bond motifs is 1. The third-order valence-electron chi connectivity index (χ3n) is 3.71. The summed E-state index contributed by atoms with van der Waals surface area (Å²) in [4.78, 5) is 0. The predicted molar refractivity (Wildman–Crippen MR) is 66.4 cm³/mol. The molecule has 0 aliphatic heterocycles. The monoisotopic (exact) mass is 226 g/mol. The van der Waals surface area contributed by atoms with Crippen LogP contribution in [-0.2, 0) is 0 Å². The van der Waals surface area contributed by atoms with Crippen molar-refractivity contribution in [1.29, 1.82) is 5.26 Å². The van der Waals surface area contributed by atoms with Crippen molar-refractivity contribution in [3.8, 4) is 6.07 Å². The van der Waals surface area contributed by atoms with Gasteiger partial charge >= 0.3 is 0 Å². The number of H-pyrrole nitrogens is 1. The number of nitrogens with zero attached hydrogens (tertiary/aromatic N) is 2. The number of hydrogen-bond acceptors (Lipinski definition) is 3. The summed E-state index contributed by atoms with van der Waals surface area (Å²) >= 11 is 0. The molecule has 1 aromatic carbocycles. The zero-order valence-corrected chi connectivity index (χ0v) is 9.53. The summed E-state index contributed by atoms with van der Waals surface area (Å²) in [6.07, 6.45) is 6.80. The molecule has 1 aromatic heterocycles. The average molecular weight is 226 g/mol. The van der Waals surface area contributed by atoms with E-state index in [0.29, 0.717) is 17.2 Å². The fourth-order valence-electron chi connectivity index (χ4n) is 2.85. The van der Waals surface area contributed by atoms with Gasteiger partial charge in [0.05, 0.1) is 17.4 Å². The molecule has 1 aliphatic rings. The predicted octanol–water partition coefficient (Wildman–Crippen LogP) is 2.67. The molecule has 0 saturated heterocycles. The van der Waals surface area contributed by atoms with Gasteiger partial charge in [0.2, 0.25) is 0 Å². The van der Waals surface area contributed by atoms with Crippen molar-refractivity contribution >= 4 is 16.6 Å². The van der Waals surface area contributed by atoms with Crippen LogP contribution in [0.5, 0.6) is 0 Å². The Hall–Kier alpha value is -2.02. The molecule has 0 radical (unpaired) electrons. The van der Waals surface area contributed by atoms with Crippen LogP contribution in [0.15, 0.2) is 12.3 Å². The van der Waals surface area contributed by atoms with E-state index in [4.69, 9.17) is 11.0 Å². The Morgan fingerprint density at radius 1 is 1.41 bits per heavy atom. The van der Waals surface area contributed by atoms with Crippen molar-refractivity contribution in [3.05, 3.63) is 23.4 Å². The molecule has 0 atom stereocenters. The minimum atomic E-state index is 0.513. The highest BCUT2D eigenvalue weighted by molar-refractivity contribution is 5.91. The van der Waals surface area contributed by atoms with Gasteiger partial charge in [-0.3, -0.25) is 5.10 Å². The van der Waals surface area contributed by atoms with Gasteiger partial charge in [0.25, 0.3) is 0 Å². The van der Waals surface area contributed by atoms with Crippen LogP contribution >= 0.6 is 0 Å². The molecule has 86 valence electrons. The van der Waals surface area contributed by atoms with Crippen LogP contribution in [-0.4, -0.2) is 10.2 Å². The minimum Gasteiger partial charge on any atom is -0.398 e. The van der Waals surface area contributed by atoms with Crippen LogP contribution in [0.25, 0.3) is 10.9 Å². The number of benzene rings is 1. The fourth-order valence-corrected chi connectivity index (χ4v) is 2.85. The lowest BCUT2D eigenvalue weighted by molar-refractivity contribution is 0.730. The summed E-state index contributed by atoms with van der Waals surface area (Å²) in [5.74, 6) is 0.574. The van der Waals surface area contributed by atoms with Gasteiger partial charge in [-0.2, -0.15) is 10.4 Å². The van der Waals surface area contributed by atoms with E-state index in [-0.39, 0.29) is 0 Å². The van der Waals surface area contributed by atoms with E-state index in [1.165, 1.54) is 31.2 Å². The van der Waals surface area contributed by atoms with Crippen LogP contribution < -0.4 is 5.73 Å². The number of nitrogens with one attached hydrogen (secondary N) is 1. The van der Waals surface area contributed by atoms with Crippen molar-refractivity contribution in [3.63, 3.8) is 0 Å². The van der Waals surface area contributed by atoms with Crippen LogP contribution in [0.2, 0.25) is 0 Å². The van der Waals surface area contributed by atoms with E-state index in [2.05, 4.69) is 16.3 Å². The first-order valence-electron chi connectivity index (χ1n) is 5.97. The second-order valence-electron chi connectivity index (χ2n) is 4.68. The number of aromatic amines is 1. The number of nitriles is 1. The molecular weight excluding hydrogens is 212 g/mol. The molecule has 1 heterocycles. The highest BCUT2D eigenvalue weighted by atomic mass is 15.1. The van der Waals surface area contributed by atoms with Crippen molar-refractivity contribution in [2.75, 3.05) is 5.73 Å². The van der Waals surface area contributed by atoms with E-state index in [1.54, 1.807) is 0 Å². The highest BCUT2D eigenvalue weighted by Crippen LogP contribution is 2.39. The molecule has 4 heteroatoms. The first-order valence-corrected chi connectivity index (χ1v) is 5.97. The Morgan fingerprint density at radius 2 is 2.18 bits per heavy atom. The maximum Gasteiger partial charge on any atom is 0.104 e. The number of hydrogen-bond donors (Lipinski definition) is 2. The van der Waals surface area contributed by atoms with Gasteiger partial charge < -0.3 is 5.73 Å². The zero-order chi connectivity index (χ0) is 11.8. The molecule has 0 unspecified atom stereocenters. The summed E-state index contributed by atoms with van der Waals surface area (Å²) in [6, 6.07) is 4.11. The van der Waals surface area contributed by atoms with Crippen LogP contribution in [0.1, 0.15) is 42.7 Å². The number of anilines is 1. The highest BCUT2D eigenvalue weighted by Gasteiger charge is 2.22. The van der Waals surface area contributed by atoms with Crippen LogP contribution in [0.4, 0.5) is 5.69 Å². The van der Waals surface area contributed by atoms with E-state index in [1.807, 2.05) is 12.3 Å². The summed E-state index contributed by atoms with van der Waals surface area (Å²) in [7, 11) is 0. The lowest BCUT2D eigenvalue weighted by Crippen LogP contribution is -1.99. The van der Waals surface area contributed by atoms with Gasteiger partial charge in [-0.15, -0.1) is 0 Å². The second kappa shape index (κ2) is 3.77. The van der Waals surface area contributed by atoms with Crippen molar-refractivity contribution in [2.45, 2.75) is 31.6 Å². The molecule has 0 bridgehead atoms. The Morgan fingerprint density at radius 3 is 2.88 bits per heavy atom. The normalized spacial score (nSPS) is 16.4. The molecule has 4 nitrogen and oxygen atoms in total. The third-order valence-corrected chi connectivity index (χ3v) is 3.71. The number of aromatic nitrogens is 2. The summed E-state index contributed by atoms with van der Waals surface area (Å²) in [5.41, 5.74) is 9.07. The average Bonchev–Trinajstić information content (AvgIpc) is 2.99. The van der Waals surface area contributed by atoms with Crippen molar-refractivity contribution in [2.24, 2.45) is 0 Å². The molecule has 2 aromatic rings. The zero-order valence-electron chi connectivity index (χ0n) is 9.53. The SMILES string of the molecule is N#Cc1c(N)cc(C2CCCC2)c2cn[nH]c12. The minimum absolute atomic E-state index is 0.513. The summed E-state index contributed by atoms with van der Waals surface area (Å²) in [6.45, 7) is 0. The van der Waals surface area contributed by atoms with Gasteiger partial charge in [0, 0.05) is 5.39 Å². The molecule has 1 aliphatic carbocycles. The molecule has 0 spiro atoms. The Labute approximate surface area is 99.4 Å². The number of nitrogen functional groups attached to an aromatic ring is 1. The van der Waals surface area contributed by atoms with Gasteiger partial charge in [-0.1, -0.05) is 12.8 Å². The quantitative estimate of drug-likeness (QED) is 0.734. The smallest absolute Gasteiger partial charge is 0.104 e. The van der Waals surface area contributed by atoms with E-state index < -0.39 is 0 Å². The second-order valence-corrected chi connectivity index (χ2v) is 4.68. The Bertz CT molecular complexity index is 600. The largest absolute Gasteiger partial charge is 0.398 e. The maximum atomic E-state index is 9.11. The standard InChI is InChI=1S/C13H14N4/c14-6-10-12(15)5-9(8-3-1-2-4-8)11-7-16-17-13(10)11/h5,7-8H,1-4,15H2,(H,16,17). The molecular formula is C13H14N4. The molecule has 3 rings (SSSR count). The van der Waals surface area contributed by atoms with Crippen LogP contribution in [0, 0.1) is 11.3 Å². The molecule has 0 amide bonds. The Balaban J connectivity index is 2.26. The Kier molecular flexibility index (Phi) is 2.25. The topological polar surface area (TPSA) is 78.5 Å². The summed E-state index contributed by atoms with van der Waals surface area (Å²) < 4.78 is 0. The maximum absolute atomic E-state index is 9.11. The lowest BCUT2D eigenvalue weighted by Gasteiger charge is -2.12. The molecule has 1 saturated carbocycles. The molecule has 1 fully saturated rings. The van der Waals surface area contributed by atoms with E-state index >= 15 is 0 Å². The van der Waals surface area contributed by atoms with Gasteiger partial charge in [0.15, 0.2) is 0 Å². The number of nitrogens with two attached hydrogens (primary N) is 1. The molecule has 17 heavy (non-hydrogen) atoms. The van der Waals surface area contributed by atoms with Crippen LogP contribution in [0.3, 0.4) is 0 Å². The number of rotatable bonds is 1. The first kappa shape index (κ1) is 10.2. The van der Waals surface area contributed by atoms with Gasteiger partial charge in [-0.05, 0) is 30.4 Å². The fraction of sp³-hybridized carbons (Fsp3) is 0.385. The lowest BCUT2D eigenvalue weighted by atomic mass is 9.92. The summed E-state index contributed by atoms with van der Waals surface area (Å²) in [5, 5.41) is 17.1. The third kappa shape index (κ3) is 1.47. The van der Waals surface area contributed by atoms with Crippen molar-refractivity contribution < 1.29 is 0 Å². The van der Waals surface area contributed by atoms with E-state index in [9.17, 15) is 0 Å². The van der Waals surface area contributed by atoms with E-state index in [0.717, 1.165) is 10.9 Å². The van der Waals surface area contributed by atoms with Gasteiger partial charge in [-0.25, -0.2) is 0 Å². The molecule has 3 N–H and O–H groups in total. The van der Waals surface area contributed by atoms with Gasteiger partial charge in [0.1, 0.15) is 11.6 Å².